The van der Waals surface area contributed by atoms with Gasteiger partial charge in [0.1, 0.15) is 5.75 Å². The van der Waals surface area contributed by atoms with Gasteiger partial charge in [-0.05, 0) is 11.6 Å². The highest BCUT2D eigenvalue weighted by Gasteiger charge is 2.10. The van der Waals surface area contributed by atoms with Crippen molar-refractivity contribution < 1.29 is 14.6 Å². The Labute approximate surface area is 91.2 Å². The number of hydrogen-bond acceptors (Lipinski definition) is 3. The molecule has 0 radical (unpaired) electrons. The van der Waals surface area contributed by atoms with Crippen LogP contribution >= 0.6 is 23.2 Å². The monoisotopic (exact) mass is 234 g/mol. The van der Waals surface area contributed by atoms with Gasteiger partial charge in [-0.1, -0.05) is 23.2 Å². The molecule has 0 aliphatic rings. The summed E-state index contributed by atoms with van der Waals surface area (Å²) >= 11 is 11.4. The van der Waals surface area contributed by atoms with E-state index >= 15 is 0 Å². The van der Waals surface area contributed by atoms with Crippen LogP contribution in [0.5, 0.6) is 5.75 Å². The zero-order chi connectivity index (χ0) is 10.7. The Morgan fingerprint density at radius 1 is 1.43 bits per heavy atom. The summed E-state index contributed by atoms with van der Waals surface area (Å²) < 4.78 is 4.48. The number of benzene rings is 1. The van der Waals surface area contributed by atoms with Gasteiger partial charge >= 0.3 is 5.97 Å². The fourth-order valence-electron chi connectivity index (χ4n) is 0.941. The zero-order valence-corrected chi connectivity index (χ0v) is 8.89. The second kappa shape index (κ2) is 4.53. The van der Waals surface area contributed by atoms with E-state index in [1.54, 1.807) is 0 Å². The van der Waals surface area contributed by atoms with Crippen LogP contribution < -0.4 is 0 Å². The first-order valence-corrected chi connectivity index (χ1v) is 4.54. The number of hydrogen-bond donors (Lipinski definition) is 1. The lowest BCUT2D eigenvalue weighted by Gasteiger charge is -2.04. The van der Waals surface area contributed by atoms with Gasteiger partial charge in [-0.3, -0.25) is 4.79 Å². The third-order valence-electron chi connectivity index (χ3n) is 1.68. The third kappa shape index (κ3) is 2.53. The van der Waals surface area contributed by atoms with Gasteiger partial charge in [-0.25, -0.2) is 0 Å². The number of carbonyl (C=O) groups excluding carboxylic acids is 1. The second-order valence-electron chi connectivity index (χ2n) is 2.65. The molecule has 0 saturated heterocycles. The van der Waals surface area contributed by atoms with Crippen LogP contribution in [0.3, 0.4) is 0 Å². The lowest BCUT2D eigenvalue weighted by Crippen LogP contribution is -2.04. The van der Waals surface area contributed by atoms with Crippen LogP contribution in [0.2, 0.25) is 10.0 Å². The van der Waals surface area contributed by atoms with E-state index in [2.05, 4.69) is 4.74 Å². The lowest BCUT2D eigenvalue weighted by atomic mass is 10.1. The number of carbonyl (C=O) groups is 1. The second-order valence-corrected chi connectivity index (χ2v) is 3.46. The molecule has 1 rings (SSSR count). The molecule has 0 saturated carbocycles. The van der Waals surface area contributed by atoms with Crippen LogP contribution in [0.25, 0.3) is 0 Å². The summed E-state index contributed by atoms with van der Waals surface area (Å²) in [7, 11) is 1.29. The van der Waals surface area contributed by atoms with Crippen molar-refractivity contribution in [1.82, 2.24) is 0 Å². The maximum absolute atomic E-state index is 10.9. The molecule has 76 valence electrons. The highest BCUT2D eigenvalue weighted by Crippen LogP contribution is 2.30. The first-order valence-electron chi connectivity index (χ1n) is 3.78. The highest BCUT2D eigenvalue weighted by molar-refractivity contribution is 6.34. The van der Waals surface area contributed by atoms with Crippen molar-refractivity contribution in [3.8, 4) is 5.75 Å². The summed E-state index contributed by atoms with van der Waals surface area (Å²) in [5.41, 5.74) is 0.529. The van der Waals surface area contributed by atoms with Gasteiger partial charge in [0.05, 0.1) is 18.6 Å². The van der Waals surface area contributed by atoms with Crippen molar-refractivity contribution in [2.75, 3.05) is 7.11 Å². The molecular weight excluding hydrogens is 227 g/mol. The molecule has 0 unspecified atom stereocenters. The van der Waals surface area contributed by atoms with Gasteiger partial charge in [0.15, 0.2) is 0 Å². The van der Waals surface area contributed by atoms with E-state index in [9.17, 15) is 9.90 Å². The Morgan fingerprint density at radius 3 is 2.64 bits per heavy atom. The van der Waals surface area contributed by atoms with E-state index in [0.717, 1.165) is 0 Å². The van der Waals surface area contributed by atoms with Gasteiger partial charge in [0.25, 0.3) is 0 Å². The van der Waals surface area contributed by atoms with E-state index in [1.165, 1.54) is 19.2 Å². The van der Waals surface area contributed by atoms with E-state index in [4.69, 9.17) is 23.2 Å². The molecule has 1 aromatic carbocycles. The highest BCUT2D eigenvalue weighted by atomic mass is 35.5. The topological polar surface area (TPSA) is 46.5 Å². The minimum Gasteiger partial charge on any atom is -0.506 e. The average Bonchev–Trinajstić information content (AvgIpc) is 2.14. The summed E-state index contributed by atoms with van der Waals surface area (Å²) in [6.07, 6.45) is 0.0370. The maximum atomic E-state index is 10.9. The van der Waals surface area contributed by atoms with Crippen molar-refractivity contribution in [2.24, 2.45) is 0 Å². The normalized spacial score (nSPS) is 9.93. The third-order valence-corrected chi connectivity index (χ3v) is 2.33. The van der Waals surface area contributed by atoms with Crippen molar-refractivity contribution in [3.63, 3.8) is 0 Å². The number of methoxy groups -OCH3 is 1. The van der Waals surface area contributed by atoms with Crippen molar-refractivity contribution in [3.05, 3.63) is 27.7 Å². The summed E-state index contributed by atoms with van der Waals surface area (Å²) in [4.78, 5) is 10.9. The molecule has 0 amide bonds. The number of phenolic OH excluding ortho intramolecular Hbond substituents is 1. The molecule has 0 fully saturated rings. The number of esters is 1. The SMILES string of the molecule is COC(=O)Cc1cc(Cl)c(O)cc1Cl. The molecule has 0 spiro atoms. The number of ether oxygens (including phenoxy) is 1. The molecule has 0 bridgehead atoms. The van der Waals surface area contributed by atoms with Crippen LogP contribution in [-0.4, -0.2) is 18.2 Å². The molecule has 14 heavy (non-hydrogen) atoms. The fraction of sp³-hybridized carbons (Fsp3) is 0.222. The minimum atomic E-state index is -0.409. The summed E-state index contributed by atoms with van der Waals surface area (Å²) in [6.45, 7) is 0. The Bertz CT molecular complexity index is 363. The van der Waals surface area contributed by atoms with Crippen LogP contribution in [0.4, 0.5) is 0 Å². The van der Waals surface area contributed by atoms with Crippen molar-refractivity contribution in [1.29, 1.82) is 0 Å². The standard InChI is InChI=1S/C9H8Cl2O3/c1-14-9(13)3-5-2-7(11)8(12)4-6(5)10/h2,4,12H,3H2,1H3. The number of phenols is 1. The summed E-state index contributed by atoms with van der Waals surface area (Å²) in [5, 5.41) is 9.63. The molecule has 0 atom stereocenters. The predicted molar refractivity (Wildman–Crippen MR) is 53.8 cm³/mol. The minimum absolute atomic E-state index is 0.0370. The number of aromatic hydroxyl groups is 1. The fourth-order valence-corrected chi connectivity index (χ4v) is 1.35. The molecule has 1 N–H and O–H groups in total. The van der Waals surface area contributed by atoms with Gasteiger partial charge in [0.2, 0.25) is 0 Å². The van der Waals surface area contributed by atoms with Gasteiger partial charge in [0, 0.05) is 11.1 Å². The Balaban J connectivity index is 2.98. The maximum Gasteiger partial charge on any atom is 0.310 e. The van der Waals surface area contributed by atoms with Crippen molar-refractivity contribution in [2.45, 2.75) is 6.42 Å². The van der Waals surface area contributed by atoms with Crippen LogP contribution in [0.1, 0.15) is 5.56 Å². The number of rotatable bonds is 2. The lowest BCUT2D eigenvalue weighted by molar-refractivity contribution is -0.139. The first kappa shape index (κ1) is 11.1. The van der Waals surface area contributed by atoms with E-state index in [1.807, 2.05) is 0 Å². The first-order chi connectivity index (χ1) is 6.54. The quantitative estimate of drug-likeness (QED) is 0.800. The Kier molecular flexibility index (Phi) is 3.61. The molecule has 5 heteroatoms. The molecular formula is C9H8Cl2O3. The molecule has 1 aromatic rings. The summed E-state index contributed by atoms with van der Waals surface area (Å²) in [6, 6.07) is 2.73. The molecule has 3 nitrogen and oxygen atoms in total. The largest absolute Gasteiger partial charge is 0.506 e. The van der Waals surface area contributed by atoms with Crippen molar-refractivity contribution >= 4 is 29.2 Å². The van der Waals surface area contributed by atoms with Gasteiger partial charge < -0.3 is 9.84 Å². The zero-order valence-electron chi connectivity index (χ0n) is 7.38. The summed E-state index contributed by atoms with van der Waals surface area (Å²) in [5.74, 6) is -0.515. The molecule has 0 aromatic heterocycles. The molecule has 0 aliphatic heterocycles. The van der Waals surface area contributed by atoms with Gasteiger partial charge in [-0.2, -0.15) is 0 Å². The van der Waals surface area contributed by atoms with Crippen LogP contribution in [0, 0.1) is 0 Å². The average molecular weight is 235 g/mol. The molecule has 0 heterocycles. The van der Waals surface area contributed by atoms with Gasteiger partial charge in [-0.15, -0.1) is 0 Å². The van der Waals surface area contributed by atoms with E-state index in [-0.39, 0.29) is 22.2 Å². The van der Waals surface area contributed by atoms with Crippen LogP contribution in [-0.2, 0) is 16.0 Å². The Morgan fingerprint density at radius 2 is 2.07 bits per heavy atom. The van der Waals surface area contributed by atoms with E-state index < -0.39 is 5.97 Å². The van der Waals surface area contributed by atoms with Crippen LogP contribution in [0.15, 0.2) is 12.1 Å². The predicted octanol–water partition coefficient (Wildman–Crippen LogP) is 2.41. The number of halogens is 2. The smallest absolute Gasteiger partial charge is 0.310 e. The van der Waals surface area contributed by atoms with E-state index in [0.29, 0.717) is 5.56 Å². The Hall–Kier alpha value is -0.930. The molecule has 0 aliphatic carbocycles.